The second kappa shape index (κ2) is 13.7. The first-order valence-corrected chi connectivity index (χ1v) is 19.3. The predicted octanol–water partition coefficient (Wildman–Crippen LogP) is 12.4. The van der Waals surface area contributed by atoms with E-state index in [9.17, 15) is 0 Å². The van der Waals surface area contributed by atoms with Crippen LogP contribution in [-0.2, 0) is 0 Å². The number of hydrogen-bond donors (Lipinski definition) is 0. The minimum absolute atomic E-state index is 0.109. The number of fused-ring (bicyclic) bond motifs is 5. The highest BCUT2D eigenvalue weighted by Crippen LogP contribution is 2.50. The van der Waals surface area contributed by atoms with E-state index in [4.69, 9.17) is 19.7 Å². The van der Waals surface area contributed by atoms with Crippen molar-refractivity contribution in [3.05, 3.63) is 206 Å². The topological polar surface area (TPSA) is 60.8 Å². The molecule has 3 heterocycles. The molecule has 0 radical (unpaired) electrons. The van der Waals surface area contributed by atoms with Crippen LogP contribution in [0.3, 0.4) is 0 Å². The lowest BCUT2D eigenvalue weighted by Gasteiger charge is -2.23. The number of aromatic nitrogens is 4. The summed E-state index contributed by atoms with van der Waals surface area (Å²) in [6.45, 7) is 0. The van der Waals surface area contributed by atoms with Crippen LogP contribution in [0, 0.1) is 0 Å². The van der Waals surface area contributed by atoms with Gasteiger partial charge >= 0.3 is 0 Å². The summed E-state index contributed by atoms with van der Waals surface area (Å²) in [4.78, 5) is 19.5. The third-order valence-corrected chi connectivity index (χ3v) is 11.2. The molecule has 11 rings (SSSR count). The molecule has 57 heavy (non-hydrogen) atoms. The molecule has 2 atom stereocenters. The maximum absolute atomic E-state index is 6.92. The summed E-state index contributed by atoms with van der Waals surface area (Å²) in [5.74, 6) is 2.96. The zero-order chi connectivity index (χ0) is 37.7. The van der Waals surface area contributed by atoms with Gasteiger partial charge in [-0.3, -0.25) is 4.98 Å². The first-order chi connectivity index (χ1) is 28.2. The normalized spacial score (nSPS) is 15.5. The quantitative estimate of drug-likeness (QED) is 0.170. The van der Waals surface area contributed by atoms with E-state index >= 15 is 0 Å². The summed E-state index contributed by atoms with van der Waals surface area (Å²) in [6.07, 6.45) is 10.2. The Kier molecular flexibility index (Phi) is 7.88. The van der Waals surface area contributed by atoms with Crippen LogP contribution in [0.15, 0.2) is 194 Å². The molecule has 0 N–H and O–H groups in total. The lowest BCUT2D eigenvalue weighted by molar-refractivity contribution is 0.279. The third kappa shape index (κ3) is 5.97. The molecule has 2 unspecified atom stereocenters. The Bertz CT molecular complexity index is 2950. The number of nitrogens with zero attached hydrogens (tertiary/aromatic N) is 4. The van der Waals surface area contributed by atoms with Gasteiger partial charge in [0, 0.05) is 51.7 Å². The van der Waals surface area contributed by atoms with Gasteiger partial charge in [-0.2, -0.15) is 0 Å². The number of benzene rings is 7. The van der Waals surface area contributed by atoms with Gasteiger partial charge in [0.1, 0.15) is 11.9 Å². The van der Waals surface area contributed by atoms with E-state index in [0.717, 1.165) is 61.0 Å². The van der Waals surface area contributed by atoms with Crippen molar-refractivity contribution in [2.24, 2.45) is 0 Å². The van der Waals surface area contributed by atoms with E-state index in [0.29, 0.717) is 17.5 Å². The summed E-state index contributed by atoms with van der Waals surface area (Å²) in [5, 5.41) is 4.64. The van der Waals surface area contributed by atoms with Crippen LogP contribution < -0.4 is 4.74 Å². The van der Waals surface area contributed by atoms with E-state index in [2.05, 4.69) is 181 Å². The van der Waals surface area contributed by atoms with Gasteiger partial charge < -0.3 is 4.74 Å². The molecule has 0 bridgehead atoms. The lowest BCUT2D eigenvalue weighted by Crippen LogP contribution is -2.21. The van der Waals surface area contributed by atoms with Crippen LogP contribution >= 0.6 is 0 Å². The molecule has 268 valence electrons. The van der Waals surface area contributed by atoms with Crippen LogP contribution in [0.1, 0.15) is 17.0 Å². The maximum Gasteiger partial charge on any atom is 0.164 e. The Balaban J connectivity index is 0.933. The molecule has 0 saturated carbocycles. The molecule has 1 aliphatic carbocycles. The monoisotopic (exact) mass is 730 g/mol. The molecular formula is C52H34N4O. The predicted molar refractivity (Wildman–Crippen MR) is 231 cm³/mol. The first kappa shape index (κ1) is 32.9. The van der Waals surface area contributed by atoms with Gasteiger partial charge in [-0.15, -0.1) is 0 Å². The molecule has 9 aromatic rings. The molecule has 7 aromatic carbocycles. The highest BCUT2D eigenvalue weighted by atomic mass is 16.5. The highest BCUT2D eigenvalue weighted by Gasteiger charge is 2.38. The number of para-hydroxylation sites is 1. The van der Waals surface area contributed by atoms with Gasteiger partial charge in [0.05, 0.1) is 0 Å². The largest absolute Gasteiger partial charge is 0.484 e. The molecule has 0 saturated heterocycles. The molecule has 0 spiro atoms. The minimum Gasteiger partial charge on any atom is -0.484 e. The van der Waals surface area contributed by atoms with E-state index in [1.807, 2.05) is 12.3 Å². The fourth-order valence-electron chi connectivity index (χ4n) is 8.24. The number of rotatable bonds is 6. The number of ether oxygens (including phenoxy) is 1. The van der Waals surface area contributed by atoms with Crippen molar-refractivity contribution < 1.29 is 4.74 Å². The molecule has 0 amide bonds. The Labute approximate surface area is 330 Å². The Hall–Kier alpha value is -7.50. The summed E-state index contributed by atoms with van der Waals surface area (Å²) in [5.41, 5.74) is 10.7. The smallest absolute Gasteiger partial charge is 0.164 e. The van der Waals surface area contributed by atoms with Gasteiger partial charge in [0.25, 0.3) is 0 Å². The molecule has 2 aromatic heterocycles. The molecule has 5 heteroatoms. The van der Waals surface area contributed by atoms with Crippen molar-refractivity contribution in [2.45, 2.75) is 12.0 Å². The van der Waals surface area contributed by atoms with Crippen molar-refractivity contribution in [3.63, 3.8) is 0 Å². The lowest BCUT2D eigenvalue weighted by atomic mass is 9.83. The van der Waals surface area contributed by atoms with Crippen LogP contribution in [0.2, 0.25) is 0 Å². The fraction of sp³-hybridized carbons (Fsp3) is 0.0385. The summed E-state index contributed by atoms with van der Waals surface area (Å²) in [6, 6.07) is 57.2. The van der Waals surface area contributed by atoms with Crippen LogP contribution in [0.25, 0.3) is 83.5 Å². The van der Waals surface area contributed by atoms with Crippen molar-refractivity contribution in [2.75, 3.05) is 0 Å². The summed E-state index contributed by atoms with van der Waals surface area (Å²) < 4.78 is 6.92. The summed E-state index contributed by atoms with van der Waals surface area (Å²) >= 11 is 0. The van der Waals surface area contributed by atoms with Gasteiger partial charge in [0.15, 0.2) is 17.5 Å². The molecular weight excluding hydrogens is 697 g/mol. The molecule has 5 nitrogen and oxygen atoms in total. The molecule has 2 aliphatic rings. The zero-order valence-corrected chi connectivity index (χ0v) is 30.8. The van der Waals surface area contributed by atoms with Crippen molar-refractivity contribution in [3.8, 4) is 62.2 Å². The average Bonchev–Trinajstić information content (AvgIpc) is 3.68. The van der Waals surface area contributed by atoms with E-state index < -0.39 is 0 Å². The third-order valence-electron chi connectivity index (χ3n) is 11.2. The molecule has 1 aliphatic heterocycles. The van der Waals surface area contributed by atoms with Crippen LogP contribution in [-0.4, -0.2) is 26.0 Å². The Morgan fingerprint density at radius 1 is 0.439 bits per heavy atom. The van der Waals surface area contributed by atoms with Gasteiger partial charge in [-0.25, -0.2) is 15.0 Å². The second-order valence-corrected chi connectivity index (χ2v) is 14.6. The van der Waals surface area contributed by atoms with Gasteiger partial charge in [-0.05, 0) is 62.0 Å². The number of hydrogen-bond acceptors (Lipinski definition) is 5. The Morgan fingerprint density at radius 3 is 1.67 bits per heavy atom. The average molecular weight is 731 g/mol. The minimum atomic E-state index is -0.109. The SMILES string of the molecule is C1=CC2c3cccc(-c4ccc(-c5nc(-c6ccc7ccccc7c6)nc(-c6ccc7ccccc7c6)n5)cc4)c3OC2C(c2ccc(-c3cccnc3)cc2)=C1. The van der Waals surface area contributed by atoms with E-state index in [-0.39, 0.29) is 12.0 Å². The fourth-order valence-corrected chi connectivity index (χ4v) is 8.24. The first-order valence-electron chi connectivity index (χ1n) is 19.3. The van der Waals surface area contributed by atoms with Crippen LogP contribution in [0.5, 0.6) is 5.75 Å². The molecule has 0 fully saturated rings. The van der Waals surface area contributed by atoms with Crippen molar-refractivity contribution in [1.29, 1.82) is 0 Å². The standard InChI is InChI=1S/C52H34N4O/c1-3-10-39-30-41(27-19-33(39)8-1)51-54-50(55-52(56-51)42-28-20-34-9-2-4-11-40(34)31-42)38-25-23-37(24-26-38)45-14-6-16-47-46-15-5-13-44(48(46)57-49(45)47)36-21-17-35(18-22-36)43-12-7-29-53-32-43/h1-32,46,48H. The van der Waals surface area contributed by atoms with E-state index in [1.54, 1.807) is 6.20 Å². The maximum atomic E-state index is 6.92. The van der Waals surface area contributed by atoms with Gasteiger partial charge in [-0.1, -0.05) is 164 Å². The number of pyridine rings is 1. The number of allylic oxidation sites excluding steroid dienone is 2. The summed E-state index contributed by atoms with van der Waals surface area (Å²) in [7, 11) is 0. The van der Waals surface area contributed by atoms with Crippen molar-refractivity contribution in [1.82, 2.24) is 19.9 Å². The Morgan fingerprint density at radius 2 is 1.02 bits per heavy atom. The van der Waals surface area contributed by atoms with E-state index in [1.165, 1.54) is 21.9 Å². The van der Waals surface area contributed by atoms with Gasteiger partial charge in [0.2, 0.25) is 0 Å². The van der Waals surface area contributed by atoms with Crippen LogP contribution in [0.4, 0.5) is 0 Å². The van der Waals surface area contributed by atoms with Crippen molar-refractivity contribution >= 4 is 27.1 Å². The second-order valence-electron chi connectivity index (χ2n) is 14.6. The zero-order valence-electron chi connectivity index (χ0n) is 30.8. The highest BCUT2D eigenvalue weighted by molar-refractivity contribution is 5.88.